The first-order valence-electron chi connectivity index (χ1n) is 13.7. The van der Waals surface area contributed by atoms with Crippen molar-refractivity contribution in [2.45, 2.75) is 71.5 Å². The lowest BCUT2D eigenvalue weighted by Crippen LogP contribution is -2.56. The van der Waals surface area contributed by atoms with Crippen LogP contribution in [0.3, 0.4) is 0 Å². The minimum absolute atomic E-state index is 0. The van der Waals surface area contributed by atoms with Crippen LogP contribution in [0.15, 0.2) is 36.4 Å². The van der Waals surface area contributed by atoms with E-state index in [0.717, 1.165) is 0 Å². The number of nitrogens with one attached hydrogen (secondary N) is 1. The van der Waals surface area contributed by atoms with Crippen LogP contribution in [0.1, 0.15) is 62.9 Å². The number of hydrogen-bond acceptors (Lipinski definition) is 9. The zero-order valence-electron chi connectivity index (χ0n) is 24.2. The monoisotopic (exact) mass is 649 g/mol. The second-order valence-electron chi connectivity index (χ2n) is 11.0. The van der Waals surface area contributed by atoms with Gasteiger partial charge in [0.05, 0.1) is 11.6 Å². The Labute approximate surface area is 255 Å². The first-order chi connectivity index (χ1) is 19.3. The first kappa shape index (κ1) is 34.6. The molecular formula is C30H40BrN3O8. The number of phenols is 3. The molecule has 0 bridgehead atoms. The van der Waals surface area contributed by atoms with Crippen LogP contribution in [-0.2, 0) is 20.8 Å². The molecule has 230 valence electrons. The molecule has 0 saturated carbocycles. The number of carbonyl (C=O) groups is 4. The maximum atomic E-state index is 13.1. The minimum atomic E-state index is -1.01. The van der Waals surface area contributed by atoms with Gasteiger partial charge in [0.25, 0.3) is 0 Å². The van der Waals surface area contributed by atoms with Gasteiger partial charge in [-0.2, -0.15) is 0 Å². The average molecular weight is 651 g/mol. The van der Waals surface area contributed by atoms with Crippen LogP contribution in [-0.4, -0.2) is 68.5 Å². The fourth-order valence-corrected chi connectivity index (χ4v) is 4.66. The van der Waals surface area contributed by atoms with E-state index in [4.69, 9.17) is 10.5 Å². The molecule has 12 heteroatoms. The molecule has 42 heavy (non-hydrogen) atoms. The van der Waals surface area contributed by atoms with Crippen molar-refractivity contribution in [2.24, 2.45) is 17.6 Å². The number of Topliss-reactive ketones (excluding diaryl/α,β-unsaturated/α-hetero) is 1. The summed E-state index contributed by atoms with van der Waals surface area (Å²) in [5.74, 6) is -2.87. The number of likely N-dealkylation sites (tertiary alicyclic amines) is 1. The van der Waals surface area contributed by atoms with Gasteiger partial charge in [-0.25, -0.2) is 4.79 Å². The molecule has 1 unspecified atom stereocenters. The van der Waals surface area contributed by atoms with E-state index in [0.29, 0.717) is 24.9 Å². The summed E-state index contributed by atoms with van der Waals surface area (Å²) in [6.07, 6.45) is 1.20. The highest BCUT2D eigenvalue weighted by Crippen LogP contribution is 2.28. The molecule has 1 saturated heterocycles. The molecule has 1 fully saturated rings. The van der Waals surface area contributed by atoms with E-state index in [1.807, 2.05) is 13.8 Å². The van der Waals surface area contributed by atoms with Crippen LogP contribution >= 0.6 is 17.0 Å². The molecule has 2 aromatic rings. The standard InChI is InChI=1S/C30H39N3O8.BrH/c1-16(2)26(31)29(39)33-13-5-6-22(33)28(38)32-27(17(3)4)30(40)41-20-10-7-18(25(37)15-20)8-11-23(35)21-14-19(34)9-12-24(21)36;/h7,9-10,12,14-17,22,26-27,34,36-37H,5-6,8,11,13,31H2,1-4H3,(H,32,38);1H/t22-,26?,27-;/m0./s1. The third-order valence-corrected chi connectivity index (χ3v) is 7.24. The highest BCUT2D eigenvalue weighted by molar-refractivity contribution is 8.93. The third kappa shape index (κ3) is 8.45. The van der Waals surface area contributed by atoms with Crippen LogP contribution in [0.4, 0.5) is 0 Å². The molecule has 3 atom stereocenters. The third-order valence-electron chi connectivity index (χ3n) is 7.24. The van der Waals surface area contributed by atoms with Crippen LogP contribution in [0.2, 0.25) is 0 Å². The minimum Gasteiger partial charge on any atom is -0.508 e. The smallest absolute Gasteiger partial charge is 0.334 e. The molecule has 11 nitrogen and oxygen atoms in total. The quantitative estimate of drug-likeness (QED) is 0.106. The van der Waals surface area contributed by atoms with E-state index in [1.165, 1.54) is 41.3 Å². The number of esters is 1. The summed E-state index contributed by atoms with van der Waals surface area (Å²) in [7, 11) is 0. The number of benzene rings is 2. The van der Waals surface area contributed by atoms with Gasteiger partial charge in [0.1, 0.15) is 35.1 Å². The molecular weight excluding hydrogens is 610 g/mol. The second-order valence-corrected chi connectivity index (χ2v) is 11.0. The molecule has 0 aliphatic carbocycles. The maximum absolute atomic E-state index is 13.1. The molecule has 6 N–H and O–H groups in total. The number of amides is 2. The fourth-order valence-electron chi connectivity index (χ4n) is 4.66. The number of ketones is 1. The Kier molecular flexibility index (Phi) is 12.4. The molecule has 1 aliphatic heterocycles. The summed E-state index contributed by atoms with van der Waals surface area (Å²) in [5.41, 5.74) is 6.42. The Bertz CT molecular complexity index is 1300. The Morgan fingerprint density at radius 2 is 1.69 bits per heavy atom. The zero-order valence-corrected chi connectivity index (χ0v) is 25.9. The molecule has 2 aromatic carbocycles. The summed E-state index contributed by atoms with van der Waals surface area (Å²) in [6, 6.07) is 5.43. The van der Waals surface area contributed by atoms with Gasteiger partial charge in [0.15, 0.2) is 5.78 Å². The lowest BCUT2D eigenvalue weighted by Gasteiger charge is -2.29. The molecule has 0 spiro atoms. The summed E-state index contributed by atoms with van der Waals surface area (Å²) < 4.78 is 5.46. The number of nitrogens with two attached hydrogens (primary N) is 1. The van der Waals surface area contributed by atoms with Crippen LogP contribution in [0, 0.1) is 11.8 Å². The van der Waals surface area contributed by atoms with Gasteiger partial charge in [-0.05, 0) is 60.9 Å². The Hall–Kier alpha value is -3.64. The van der Waals surface area contributed by atoms with Crippen molar-refractivity contribution in [1.29, 1.82) is 0 Å². The highest BCUT2D eigenvalue weighted by atomic mass is 79.9. The van der Waals surface area contributed by atoms with Crippen molar-refractivity contribution in [3.63, 3.8) is 0 Å². The Balaban J connectivity index is 0.00000616. The second kappa shape index (κ2) is 15.0. The van der Waals surface area contributed by atoms with E-state index >= 15 is 0 Å². The number of aryl methyl sites for hydroxylation is 1. The number of aromatic hydroxyl groups is 3. The van der Waals surface area contributed by atoms with E-state index in [1.54, 1.807) is 13.8 Å². The van der Waals surface area contributed by atoms with Gasteiger partial charge in [-0.1, -0.05) is 33.8 Å². The topological polar surface area (TPSA) is 179 Å². The zero-order chi connectivity index (χ0) is 30.4. The van der Waals surface area contributed by atoms with Crippen LogP contribution in [0.25, 0.3) is 0 Å². The molecule has 0 aromatic heterocycles. The lowest BCUT2D eigenvalue weighted by atomic mass is 10.0. The van der Waals surface area contributed by atoms with Crippen LogP contribution < -0.4 is 15.8 Å². The van der Waals surface area contributed by atoms with Crippen molar-refractivity contribution in [3.8, 4) is 23.0 Å². The predicted molar refractivity (Wildman–Crippen MR) is 161 cm³/mol. The van der Waals surface area contributed by atoms with Crippen molar-refractivity contribution < 1.29 is 39.2 Å². The van der Waals surface area contributed by atoms with E-state index in [-0.39, 0.29) is 76.1 Å². The Morgan fingerprint density at radius 3 is 2.31 bits per heavy atom. The predicted octanol–water partition coefficient (Wildman–Crippen LogP) is 3.22. The number of halogens is 1. The van der Waals surface area contributed by atoms with Crippen molar-refractivity contribution in [3.05, 3.63) is 47.5 Å². The molecule has 1 aliphatic rings. The molecule has 3 rings (SSSR count). The van der Waals surface area contributed by atoms with Crippen molar-refractivity contribution >= 4 is 40.5 Å². The normalized spacial score (nSPS) is 16.1. The maximum Gasteiger partial charge on any atom is 0.334 e. The number of nitrogens with zero attached hydrogens (tertiary/aromatic N) is 1. The van der Waals surface area contributed by atoms with E-state index in [2.05, 4.69) is 5.32 Å². The summed E-state index contributed by atoms with van der Waals surface area (Å²) in [5, 5.41) is 32.7. The number of ether oxygens (including phenoxy) is 1. The van der Waals surface area contributed by atoms with Gasteiger partial charge < -0.3 is 36.0 Å². The van der Waals surface area contributed by atoms with Gasteiger partial charge in [0, 0.05) is 19.0 Å². The number of hydrogen-bond donors (Lipinski definition) is 5. The summed E-state index contributed by atoms with van der Waals surface area (Å²) in [4.78, 5) is 52.9. The lowest BCUT2D eigenvalue weighted by molar-refractivity contribution is -0.144. The average Bonchev–Trinajstić information content (AvgIpc) is 3.41. The highest BCUT2D eigenvalue weighted by Gasteiger charge is 2.39. The first-order valence-corrected chi connectivity index (χ1v) is 13.7. The number of phenolic OH excluding ortho intramolecular Hbond substituents is 3. The summed E-state index contributed by atoms with van der Waals surface area (Å²) in [6.45, 7) is 7.59. The van der Waals surface area contributed by atoms with Gasteiger partial charge in [-0.15, -0.1) is 17.0 Å². The van der Waals surface area contributed by atoms with E-state index in [9.17, 15) is 34.5 Å². The van der Waals surface area contributed by atoms with Crippen molar-refractivity contribution in [2.75, 3.05) is 6.54 Å². The van der Waals surface area contributed by atoms with Gasteiger partial charge in [0.2, 0.25) is 11.8 Å². The Morgan fingerprint density at radius 1 is 1.00 bits per heavy atom. The van der Waals surface area contributed by atoms with Gasteiger partial charge in [-0.3, -0.25) is 14.4 Å². The number of carbonyl (C=O) groups excluding carboxylic acids is 4. The van der Waals surface area contributed by atoms with Crippen LogP contribution in [0.5, 0.6) is 23.0 Å². The SMILES string of the molecule is Br.CC(C)C(N)C(=O)N1CCC[C@H]1C(=O)N[C@H](C(=O)Oc1ccc(CCC(=O)c2cc(O)ccc2O)c(O)c1)C(C)C. The molecule has 2 amide bonds. The molecule has 0 radical (unpaired) electrons. The van der Waals surface area contributed by atoms with E-state index < -0.39 is 35.8 Å². The van der Waals surface area contributed by atoms with Crippen molar-refractivity contribution in [1.82, 2.24) is 10.2 Å². The number of rotatable bonds is 11. The fraction of sp³-hybridized carbons (Fsp3) is 0.467. The van der Waals surface area contributed by atoms with Gasteiger partial charge >= 0.3 is 5.97 Å². The largest absolute Gasteiger partial charge is 0.508 e. The summed E-state index contributed by atoms with van der Waals surface area (Å²) >= 11 is 0. The molecule has 1 heterocycles.